The van der Waals surface area contributed by atoms with E-state index in [1.54, 1.807) is 20.8 Å². The number of anilines is 1. The standard InChI is InChI=1S/C13H15BrN2O6/c1-13(2,3)22-12(18)15-9-6-8(14)10(16(19)20)5-7(9)11(17)21-4/h5-6H,1-4H3,(H,15,18). The zero-order valence-corrected chi connectivity index (χ0v) is 14.0. The van der Waals surface area contributed by atoms with Crippen molar-refractivity contribution in [3.63, 3.8) is 0 Å². The van der Waals surface area contributed by atoms with Crippen molar-refractivity contribution >= 4 is 39.4 Å². The first-order valence-corrected chi connectivity index (χ1v) is 6.90. The van der Waals surface area contributed by atoms with Gasteiger partial charge in [0.2, 0.25) is 0 Å². The first-order chi connectivity index (χ1) is 10.0. The van der Waals surface area contributed by atoms with E-state index in [-0.39, 0.29) is 21.4 Å². The Morgan fingerprint density at radius 2 is 1.91 bits per heavy atom. The lowest BCUT2D eigenvalue weighted by Crippen LogP contribution is -2.27. The Balaban J connectivity index is 3.23. The largest absolute Gasteiger partial charge is 0.465 e. The van der Waals surface area contributed by atoms with Gasteiger partial charge in [-0.3, -0.25) is 15.4 Å². The highest BCUT2D eigenvalue weighted by Gasteiger charge is 2.24. The molecule has 1 N–H and O–H groups in total. The summed E-state index contributed by atoms with van der Waals surface area (Å²) in [6.07, 6.45) is -0.793. The third-order valence-electron chi connectivity index (χ3n) is 2.32. The normalized spacial score (nSPS) is 10.8. The van der Waals surface area contributed by atoms with Crippen molar-refractivity contribution in [1.29, 1.82) is 0 Å². The van der Waals surface area contributed by atoms with Gasteiger partial charge in [-0.15, -0.1) is 0 Å². The number of nitro benzene ring substituents is 1. The lowest BCUT2D eigenvalue weighted by Gasteiger charge is -2.20. The molecule has 0 radical (unpaired) electrons. The van der Waals surface area contributed by atoms with Crippen molar-refractivity contribution < 1.29 is 24.0 Å². The Hall–Kier alpha value is -2.16. The number of rotatable bonds is 3. The maximum Gasteiger partial charge on any atom is 0.412 e. The molecule has 0 unspecified atom stereocenters. The van der Waals surface area contributed by atoms with E-state index in [0.717, 1.165) is 13.2 Å². The van der Waals surface area contributed by atoms with E-state index in [9.17, 15) is 19.7 Å². The molecule has 22 heavy (non-hydrogen) atoms. The molecule has 0 bridgehead atoms. The van der Waals surface area contributed by atoms with E-state index in [1.165, 1.54) is 6.07 Å². The summed E-state index contributed by atoms with van der Waals surface area (Å²) < 4.78 is 9.75. The Bertz CT molecular complexity index is 624. The van der Waals surface area contributed by atoms with Gasteiger partial charge in [0.1, 0.15) is 5.60 Å². The summed E-state index contributed by atoms with van der Waals surface area (Å²) in [5, 5.41) is 13.3. The molecule has 1 rings (SSSR count). The highest BCUT2D eigenvalue weighted by atomic mass is 79.9. The number of benzene rings is 1. The van der Waals surface area contributed by atoms with E-state index >= 15 is 0 Å². The van der Waals surface area contributed by atoms with Crippen LogP contribution in [0.4, 0.5) is 16.2 Å². The fraction of sp³-hybridized carbons (Fsp3) is 0.385. The van der Waals surface area contributed by atoms with Crippen LogP contribution in [0.25, 0.3) is 0 Å². The van der Waals surface area contributed by atoms with Crippen LogP contribution in [0.3, 0.4) is 0 Å². The summed E-state index contributed by atoms with van der Waals surface area (Å²) in [4.78, 5) is 33.8. The maximum atomic E-state index is 11.8. The second-order valence-corrected chi connectivity index (χ2v) is 6.08. The molecule has 8 nitrogen and oxygen atoms in total. The van der Waals surface area contributed by atoms with E-state index in [2.05, 4.69) is 26.0 Å². The van der Waals surface area contributed by atoms with Crippen LogP contribution in [0.5, 0.6) is 0 Å². The van der Waals surface area contributed by atoms with Gasteiger partial charge in [0.15, 0.2) is 0 Å². The minimum Gasteiger partial charge on any atom is -0.465 e. The Morgan fingerprint density at radius 3 is 2.36 bits per heavy atom. The summed E-state index contributed by atoms with van der Waals surface area (Å²) in [7, 11) is 1.13. The van der Waals surface area contributed by atoms with Crippen molar-refractivity contribution in [3.05, 3.63) is 32.3 Å². The zero-order valence-electron chi connectivity index (χ0n) is 12.4. The minimum atomic E-state index is -0.818. The number of carbonyl (C=O) groups excluding carboxylic acids is 2. The lowest BCUT2D eigenvalue weighted by molar-refractivity contribution is -0.385. The number of carbonyl (C=O) groups is 2. The van der Waals surface area contributed by atoms with Crippen LogP contribution in [0.15, 0.2) is 16.6 Å². The van der Waals surface area contributed by atoms with Gasteiger partial charge < -0.3 is 9.47 Å². The second kappa shape index (κ2) is 6.73. The SMILES string of the molecule is COC(=O)c1cc([N+](=O)[O-])c(Br)cc1NC(=O)OC(C)(C)C. The quantitative estimate of drug-likeness (QED) is 0.492. The summed E-state index contributed by atoms with van der Waals surface area (Å²) in [5.74, 6) is -0.818. The first kappa shape index (κ1) is 17.9. The number of nitrogens with one attached hydrogen (secondary N) is 1. The zero-order chi connectivity index (χ0) is 17.1. The van der Waals surface area contributed by atoms with Crippen molar-refractivity contribution in [2.24, 2.45) is 0 Å². The molecule has 1 aromatic carbocycles. The number of hydrogen-bond acceptors (Lipinski definition) is 6. The van der Waals surface area contributed by atoms with E-state index in [1.807, 2.05) is 0 Å². The highest BCUT2D eigenvalue weighted by Crippen LogP contribution is 2.32. The number of nitrogens with zero attached hydrogens (tertiary/aromatic N) is 1. The van der Waals surface area contributed by atoms with Gasteiger partial charge in [-0.25, -0.2) is 9.59 Å². The Labute approximate surface area is 135 Å². The average Bonchev–Trinajstić information content (AvgIpc) is 2.35. The molecule has 0 aliphatic carbocycles. The third kappa shape index (κ3) is 4.69. The molecular formula is C13H15BrN2O6. The first-order valence-electron chi connectivity index (χ1n) is 6.11. The molecule has 0 aromatic heterocycles. The molecule has 0 aliphatic rings. The van der Waals surface area contributed by atoms with E-state index < -0.39 is 22.6 Å². The predicted octanol–water partition coefficient (Wildman–Crippen LogP) is 3.49. The molecule has 0 aliphatic heterocycles. The molecule has 0 spiro atoms. The van der Waals surface area contributed by atoms with Crippen LogP contribution < -0.4 is 5.32 Å². The average molecular weight is 375 g/mol. The van der Waals surface area contributed by atoms with Gasteiger partial charge in [-0.2, -0.15) is 0 Å². The third-order valence-corrected chi connectivity index (χ3v) is 2.96. The molecule has 0 fully saturated rings. The summed E-state index contributed by atoms with van der Waals surface area (Å²) in [6.45, 7) is 5.04. The molecule has 120 valence electrons. The van der Waals surface area contributed by atoms with Crippen LogP contribution in [0.2, 0.25) is 0 Å². The monoisotopic (exact) mass is 374 g/mol. The predicted molar refractivity (Wildman–Crippen MR) is 82.0 cm³/mol. The topological polar surface area (TPSA) is 108 Å². The number of hydrogen-bond donors (Lipinski definition) is 1. The molecular weight excluding hydrogens is 360 g/mol. The second-order valence-electron chi connectivity index (χ2n) is 5.22. The van der Waals surface area contributed by atoms with Crippen molar-refractivity contribution in [1.82, 2.24) is 0 Å². The number of nitro groups is 1. The summed E-state index contributed by atoms with van der Waals surface area (Å²) in [5.41, 5.74) is -1.16. The van der Waals surface area contributed by atoms with Crippen LogP contribution in [0.1, 0.15) is 31.1 Å². The Kier molecular flexibility index (Phi) is 5.48. The lowest BCUT2D eigenvalue weighted by atomic mass is 10.1. The minimum absolute atomic E-state index is 0.0403. The molecule has 9 heteroatoms. The van der Waals surface area contributed by atoms with Crippen LogP contribution in [-0.2, 0) is 9.47 Å². The molecule has 1 amide bonds. The van der Waals surface area contributed by atoms with Gasteiger partial charge in [0.05, 0.1) is 27.8 Å². The van der Waals surface area contributed by atoms with Crippen LogP contribution in [0, 0.1) is 10.1 Å². The number of amides is 1. The molecule has 0 saturated carbocycles. The highest BCUT2D eigenvalue weighted by molar-refractivity contribution is 9.10. The maximum absolute atomic E-state index is 11.8. The van der Waals surface area contributed by atoms with Gasteiger partial charge in [-0.1, -0.05) is 0 Å². The van der Waals surface area contributed by atoms with Gasteiger partial charge in [0, 0.05) is 6.07 Å². The summed E-state index contributed by atoms with van der Waals surface area (Å²) in [6, 6.07) is 2.26. The number of methoxy groups -OCH3 is 1. The van der Waals surface area contributed by atoms with E-state index in [4.69, 9.17) is 4.74 Å². The van der Waals surface area contributed by atoms with Gasteiger partial charge >= 0.3 is 12.1 Å². The number of halogens is 1. The molecule has 1 aromatic rings. The van der Waals surface area contributed by atoms with Gasteiger partial charge in [0.25, 0.3) is 5.69 Å². The van der Waals surface area contributed by atoms with Gasteiger partial charge in [-0.05, 0) is 42.8 Å². The fourth-order valence-electron chi connectivity index (χ4n) is 1.50. The number of esters is 1. The smallest absolute Gasteiger partial charge is 0.412 e. The van der Waals surface area contributed by atoms with Crippen LogP contribution in [-0.4, -0.2) is 29.7 Å². The molecule has 0 saturated heterocycles. The van der Waals surface area contributed by atoms with Crippen molar-refractivity contribution in [2.75, 3.05) is 12.4 Å². The number of ether oxygens (including phenoxy) is 2. The molecule has 0 heterocycles. The fourth-order valence-corrected chi connectivity index (χ4v) is 1.99. The molecule has 0 atom stereocenters. The van der Waals surface area contributed by atoms with Crippen LogP contribution >= 0.6 is 15.9 Å². The summed E-state index contributed by atoms with van der Waals surface area (Å²) >= 11 is 3.02. The van der Waals surface area contributed by atoms with E-state index in [0.29, 0.717) is 0 Å². The van der Waals surface area contributed by atoms with Crippen molar-refractivity contribution in [3.8, 4) is 0 Å². The Morgan fingerprint density at radius 1 is 1.32 bits per heavy atom. The van der Waals surface area contributed by atoms with Crippen molar-refractivity contribution in [2.45, 2.75) is 26.4 Å².